The maximum absolute atomic E-state index is 11.3. The molecule has 0 bridgehead atoms. The monoisotopic (exact) mass is 301 g/mol. The second kappa shape index (κ2) is 6.71. The minimum absolute atomic E-state index is 0.0826. The number of nitro benzene ring substituents is 1. The zero-order chi connectivity index (χ0) is 16.1. The number of ether oxygens (including phenoxy) is 2. The topological polar surface area (TPSA) is 78.7 Å². The van der Waals surface area contributed by atoms with Crippen molar-refractivity contribution in [1.29, 1.82) is 0 Å². The molecule has 0 saturated carbocycles. The van der Waals surface area contributed by atoms with Crippen LogP contribution in [0.1, 0.15) is 24.2 Å². The molecule has 0 aliphatic heterocycles. The molecule has 0 N–H and O–H groups in total. The largest absolute Gasteiger partial charge is 0.494 e. The Morgan fingerprint density at radius 1 is 1.14 bits per heavy atom. The van der Waals surface area contributed by atoms with E-state index in [2.05, 4.69) is 0 Å². The summed E-state index contributed by atoms with van der Waals surface area (Å²) in [5, 5.41) is 11.1. The van der Waals surface area contributed by atoms with E-state index in [1.54, 1.807) is 24.3 Å². The lowest BCUT2D eigenvalue weighted by atomic mass is 10.1. The normalized spacial score (nSPS) is 10.1. The Kier molecular flexibility index (Phi) is 4.73. The zero-order valence-corrected chi connectivity index (χ0v) is 12.2. The molecular weight excluding hydrogens is 286 g/mol. The number of carbonyl (C=O) groups is 1. The van der Waals surface area contributed by atoms with Crippen molar-refractivity contribution in [1.82, 2.24) is 0 Å². The highest BCUT2D eigenvalue weighted by Gasteiger charge is 2.18. The SMILES string of the molecule is CCOc1ccc(Oc2ccc(C(C)=O)cc2[N+](=O)[O-])cc1. The number of carbonyl (C=O) groups excluding carboxylic acids is 1. The molecule has 0 unspecified atom stereocenters. The lowest BCUT2D eigenvalue weighted by Gasteiger charge is -2.08. The fourth-order valence-corrected chi connectivity index (χ4v) is 1.86. The van der Waals surface area contributed by atoms with Crippen LogP contribution in [0.4, 0.5) is 5.69 Å². The summed E-state index contributed by atoms with van der Waals surface area (Å²) in [4.78, 5) is 21.9. The van der Waals surface area contributed by atoms with Crippen LogP contribution >= 0.6 is 0 Å². The van der Waals surface area contributed by atoms with Crippen LogP contribution in [0.15, 0.2) is 42.5 Å². The van der Waals surface area contributed by atoms with Crippen LogP contribution in [0, 0.1) is 10.1 Å². The van der Waals surface area contributed by atoms with Gasteiger partial charge in [-0.3, -0.25) is 14.9 Å². The number of benzene rings is 2. The lowest BCUT2D eigenvalue weighted by molar-refractivity contribution is -0.385. The molecule has 2 rings (SSSR count). The second-order valence-corrected chi connectivity index (χ2v) is 4.50. The Morgan fingerprint density at radius 3 is 2.32 bits per heavy atom. The average Bonchev–Trinajstić information content (AvgIpc) is 2.49. The minimum Gasteiger partial charge on any atom is -0.494 e. The number of ketones is 1. The van der Waals surface area contributed by atoms with Gasteiger partial charge in [0.05, 0.1) is 11.5 Å². The first-order valence-electron chi connectivity index (χ1n) is 6.71. The lowest BCUT2D eigenvalue weighted by Crippen LogP contribution is -1.98. The van der Waals surface area contributed by atoms with Crippen molar-refractivity contribution in [2.75, 3.05) is 6.61 Å². The first-order valence-corrected chi connectivity index (χ1v) is 6.71. The minimum atomic E-state index is -0.573. The molecule has 0 heterocycles. The Hall–Kier alpha value is -2.89. The summed E-state index contributed by atoms with van der Waals surface area (Å²) in [5.74, 6) is 0.980. The number of nitro groups is 1. The molecule has 114 valence electrons. The molecular formula is C16H15NO5. The molecule has 0 radical (unpaired) electrons. The Balaban J connectivity index is 2.28. The molecule has 0 spiro atoms. The van der Waals surface area contributed by atoms with Gasteiger partial charge in [0, 0.05) is 11.6 Å². The van der Waals surface area contributed by atoms with E-state index in [1.165, 1.54) is 25.1 Å². The molecule has 0 aliphatic rings. The van der Waals surface area contributed by atoms with E-state index >= 15 is 0 Å². The van der Waals surface area contributed by atoms with Gasteiger partial charge in [0.25, 0.3) is 0 Å². The Bertz CT molecular complexity index is 694. The highest BCUT2D eigenvalue weighted by atomic mass is 16.6. The number of hydrogen-bond donors (Lipinski definition) is 0. The van der Waals surface area contributed by atoms with Gasteiger partial charge in [0.2, 0.25) is 5.75 Å². The van der Waals surface area contributed by atoms with Crippen LogP contribution in [0.5, 0.6) is 17.2 Å². The maximum atomic E-state index is 11.3. The zero-order valence-electron chi connectivity index (χ0n) is 12.2. The van der Waals surface area contributed by atoms with Crippen molar-refractivity contribution >= 4 is 11.5 Å². The average molecular weight is 301 g/mol. The molecule has 22 heavy (non-hydrogen) atoms. The van der Waals surface area contributed by atoms with Gasteiger partial charge >= 0.3 is 5.69 Å². The fraction of sp³-hybridized carbons (Fsp3) is 0.188. The molecule has 6 nitrogen and oxygen atoms in total. The predicted octanol–water partition coefficient (Wildman–Crippen LogP) is 3.99. The van der Waals surface area contributed by atoms with Gasteiger partial charge < -0.3 is 9.47 Å². The molecule has 2 aromatic carbocycles. The summed E-state index contributed by atoms with van der Waals surface area (Å²) in [6.45, 7) is 3.79. The summed E-state index contributed by atoms with van der Waals surface area (Å²) in [6.07, 6.45) is 0. The number of Topliss-reactive ketones (excluding diaryl/α,β-unsaturated/α-hetero) is 1. The third kappa shape index (κ3) is 3.60. The third-order valence-corrected chi connectivity index (χ3v) is 2.92. The van der Waals surface area contributed by atoms with E-state index in [0.29, 0.717) is 18.1 Å². The second-order valence-electron chi connectivity index (χ2n) is 4.50. The van der Waals surface area contributed by atoms with Crippen LogP contribution in [0.3, 0.4) is 0 Å². The summed E-state index contributed by atoms with van der Waals surface area (Å²) in [6, 6.07) is 10.9. The molecule has 2 aromatic rings. The summed E-state index contributed by atoms with van der Waals surface area (Å²) < 4.78 is 10.8. The van der Waals surface area contributed by atoms with Crippen LogP contribution in [-0.2, 0) is 0 Å². The van der Waals surface area contributed by atoms with Crippen molar-refractivity contribution in [2.45, 2.75) is 13.8 Å². The quantitative estimate of drug-likeness (QED) is 0.458. The van der Waals surface area contributed by atoms with Gasteiger partial charge in [-0.05, 0) is 50.2 Å². The maximum Gasteiger partial charge on any atom is 0.312 e. The highest BCUT2D eigenvalue weighted by Crippen LogP contribution is 2.32. The first kappa shape index (κ1) is 15.5. The highest BCUT2D eigenvalue weighted by molar-refractivity contribution is 5.95. The van der Waals surface area contributed by atoms with Crippen LogP contribution in [0.25, 0.3) is 0 Å². The van der Waals surface area contributed by atoms with E-state index in [9.17, 15) is 14.9 Å². The van der Waals surface area contributed by atoms with Crippen LogP contribution < -0.4 is 9.47 Å². The molecule has 0 aromatic heterocycles. The van der Waals surface area contributed by atoms with Gasteiger partial charge in [-0.2, -0.15) is 0 Å². The summed E-state index contributed by atoms with van der Waals surface area (Å²) >= 11 is 0. The van der Waals surface area contributed by atoms with Crippen molar-refractivity contribution in [3.8, 4) is 17.2 Å². The summed E-state index contributed by atoms with van der Waals surface area (Å²) in [7, 11) is 0. The smallest absolute Gasteiger partial charge is 0.312 e. The van der Waals surface area contributed by atoms with Gasteiger partial charge in [-0.15, -0.1) is 0 Å². The van der Waals surface area contributed by atoms with Gasteiger partial charge in [0.1, 0.15) is 11.5 Å². The van der Waals surface area contributed by atoms with E-state index in [1.807, 2.05) is 6.92 Å². The molecule has 6 heteroatoms. The Morgan fingerprint density at radius 2 is 1.77 bits per heavy atom. The number of rotatable bonds is 6. The fourth-order valence-electron chi connectivity index (χ4n) is 1.86. The molecule has 0 saturated heterocycles. The van der Waals surface area contributed by atoms with E-state index in [4.69, 9.17) is 9.47 Å². The van der Waals surface area contributed by atoms with E-state index in [-0.39, 0.29) is 22.8 Å². The Labute approximate surface area is 127 Å². The molecule has 0 fully saturated rings. The first-order chi connectivity index (χ1) is 10.5. The summed E-state index contributed by atoms with van der Waals surface area (Å²) in [5.41, 5.74) is 0.0207. The van der Waals surface area contributed by atoms with Crippen molar-refractivity contribution in [3.63, 3.8) is 0 Å². The van der Waals surface area contributed by atoms with Crippen LogP contribution in [0.2, 0.25) is 0 Å². The van der Waals surface area contributed by atoms with Gasteiger partial charge in [-0.1, -0.05) is 0 Å². The number of hydrogen-bond acceptors (Lipinski definition) is 5. The van der Waals surface area contributed by atoms with Gasteiger partial charge in [0.15, 0.2) is 5.78 Å². The van der Waals surface area contributed by atoms with Crippen molar-refractivity contribution < 1.29 is 19.2 Å². The van der Waals surface area contributed by atoms with E-state index in [0.717, 1.165) is 0 Å². The van der Waals surface area contributed by atoms with Crippen molar-refractivity contribution in [3.05, 3.63) is 58.1 Å². The molecule has 0 amide bonds. The standard InChI is InChI=1S/C16H15NO5/c1-3-21-13-5-7-14(8-6-13)22-16-9-4-12(11(2)18)10-15(16)17(19)20/h4-10H,3H2,1-2H3. The third-order valence-electron chi connectivity index (χ3n) is 2.92. The molecule has 0 atom stereocenters. The number of nitrogens with zero attached hydrogens (tertiary/aromatic N) is 1. The van der Waals surface area contributed by atoms with Crippen molar-refractivity contribution in [2.24, 2.45) is 0 Å². The van der Waals surface area contributed by atoms with Crippen LogP contribution in [-0.4, -0.2) is 17.3 Å². The van der Waals surface area contributed by atoms with Gasteiger partial charge in [-0.25, -0.2) is 0 Å². The predicted molar refractivity (Wildman–Crippen MR) is 80.8 cm³/mol. The molecule has 0 aliphatic carbocycles. The van der Waals surface area contributed by atoms with E-state index < -0.39 is 4.92 Å².